The van der Waals surface area contributed by atoms with Gasteiger partial charge >= 0.3 is 0 Å². The number of hydrogen-bond acceptors (Lipinski definition) is 4. The smallest absolute Gasteiger partial charge is 0.245 e. The lowest BCUT2D eigenvalue weighted by Crippen LogP contribution is -2.34. The molecule has 6 heteroatoms. The van der Waals surface area contributed by atoms with Crippen LogP contribution in [0.15, 0.2) is 0 Å². The predicted molar refractivity (Wildman–Crippen MR) is 51.7 cm³/mol. The van der Waals surface area contributed by atoms with Gasteiger partial charge in [0.1, 0.15) is 6.61 Å². The minimum Gasteiger partial charge on any atom is -0.387 e. The second kappa shape index (κ2) is 6.32. The van der Waals surface area contributed by atoms with E-state index in [1.54, 1.807) is 22.6 Å². The number of carbonyl (C=O) groups excluding carboxylic acids is 2. The van der Waals surface area contributed by atoms with Gasteiger partial charge in [0.25, 0.3) is 0 Å². The zero-order valence-electron chi connectivity index (χ0n) is 6.42. The monoisotopic (exact) mass is 286 g/mol. The van der Waals surface area contributed by atoms with E-state index in [4.69, 9.17) is 10.8 Å². The van der Waals surface area contributed by atoms with Crippen molar-refractivity contribution in [3.8, 4) is 0 Å². The Kier molecular flexibility index (Phi) is 6.21. The number of halogens is 1. The van der Waals surface area contributed by atoms with Gasteiger partial charge in [-0.1, -0.05) is 0 Å². The van der Waals surface area contributed by atoms with E-state index in [1.807, 2.05) is 0 Å². The lowest BCUT2D eigenvalue weighted by atomic mass is 10.2. The van der Waals surface area contributed by atoms with Crippen molar-refractivity contribution >= 4 is 32.3 Å². The van der Waals surface area contributed by atoms with Gasteiger partial charge in [-0.25, -0.2) is 0 Å². The molecule has 1 amide bonds. The summed E-state index contributed by atoms with van der Waals surface area (Å²) < 4.78 is -0.133. The van der Waals surface area contributed by atoms with E-state index in [0.29, 0.717) is 13.0 Å². The van der Waals surface area contributed by atoms with Crippen molar-refractivity contribution < 1.29 is 14.7 Å². The summed E-state index contributed by atoms with van der Waals surface area (Å²) in [5.41, 5.74) is 5.37. The van der Waals surface area contributed by atoms with Crippen LogP contribution in [-0.4, -0.2) is 34.0 Å². The number of hydrogen-bond donors (Lipinski definition) is 3. The number of aliphatic hydroxyl groups is 1. The Balaban J connectivity index is 3.43. The van der Waals surface area contributed by atoms with E-state index in [9.17, 15) is 9.59 Å². The van der Waals surface area contributed by atoms with Crippen LogP contribution in [0, 0.1) is 0 Å². The van der Waals surface area contributed by atoms with Crippen LogP contribution < -0.4 is 11.1 Å². The molecule has 0 aliphatic rings. The van der Waals surface area contributed by atoms with Crippen molar-refractivity contribution in [2.24, 2.45) is 5.73 Å². The Morgan fingerprint density at radius 2 is 2.17 bits per heavy atom. The molecular weight excluding hydrogens is 275 g/mol. The third-order valence-electron chi connectivity index (χ3n) is 1.21. The average molecular weight is 286 g/mol. The molecule has 0 saturated heterocycles. The van der Waals surface area contributed by atoms with Gasteiger partial charge in [-0.3, -0.25) is 9.59 Å². The summed E-state index contributed by atoms with van der Waals surface area (Å²) >= 11 is 1.61. The molecule has 0 aromatic heterocycles. The Morgan fingerprint density at radius 1 is 1.58 bits per heavy atom. The van der Waals surface area contributed by atoms with Gasteiger partial charge in [0.15, 0.2) is 0 Å². The van der Waals surface area contributed by atoms with Crippen LogP contribution >= 0.6 is 22.6 Å². The van der Waals surface area contributed by atoms with Gasteiger partial charge in [0.05, 0.1) is 6.04 Å². The number of amides is 1. The van der Waals surface area contributed by atoms with Crippen molar-refractivity contribution in [2.75, 3.05) is 13.2 Å². The average Bonchev–Trinajstić information content (AvgIpc) is 2.03. The minimum atomic E-state index is -0.537. The molecular formula is C6H11IN2O3. The van der Waals surface area contributed by atoms with Crippen molar-refractivity contribution in [1.82, 2.24) is 5.32 Å². The molecule has 0 aromatic rings. The maximum absolute atomic E-state index is 10.6. The van der Waals surface area contributed by atoms with Crippen LogP contribution in [0.5, 0.6) is 0 Å². The van der Waals surface area contributed by atoms with E-state index in [-0.39, 0.29) is 3.79 Å². The first kappa shape index (κ1) is 11.8. The molecule has 0 radical (unpaired) electrons. The lowest BCUT2D eigenvalue weighted by molar-refractivity contribution is -0.124. The third-order valence-corrected chi connectivity index (χ3v) is 2.01. The molecule has 0 unspecified atom stereocenters. The van der Waals surface area contributed by atoms with Crippen LogP contribution in [0.3, 0.4) is 0 Å². The first-order valence-corrected chi connectivity index (χ1v) is 4.48. The van der Waals surface area contributed by atoms with Crippen LogP contribution in [0.1, 0.15) is 6.42 Å². The first-order chi connectivity index (χ1) is 5.57. The van der Waals surface area contributed by atoms with Gasteiger partial charge in [0, 0.05) is 29.1 Å². The maximum atomic E-state index is 10.6. The summed E-state index contributed by atoms with van der Waals surface area (Å²) in [7, 11) is 0. The highest BCUT2D eigenvalue weighted by Crippen LogP contribution is 1.95. The highest BCUT2D eigenvalue weighted by atomic mass is 127. The van der Waals surface area contributed by atoms with Gasteiger partial charge < -0.3 is 16.2 Å². The minimum absolute atomic E-state index is 0.133. The van der Waals surface area contributed by atoms with Crippen LogP contribution in [0.25, 0.3) is 0 Å². The molecule has 0 rings (SSSR count). The van der Waals surface area contributed by atoms with E-state index in [1.165, 1.54) is 0 Å². The van der Waals surface area contributed by atoms with E-state index in [2.05, 4.69) is 5.32 Å². The quantitative estimate of drug-likeness (QED) is 0.436. The molecule has 0 saturated carbocycles. The highest BCUT2D eigenvalue weighted by Gasteiger charge is 2.09. The number of rotatable bonds is 5. The predicted octanol–water partition coefficient (Wildman–Crippen LogP) is -1.23. The SMILES string of the molecule is N[C@@H](CCNC(=O)CO)C(=O)I. The van der Waals surface area contributed by atoms with Gasteiger partial charge in [-0.2, -0.15) is 0 Å². The molecule has 0 aromatic carbocycles. The second-order valence-corrected chi connectivity index (χ2v) is 3.27. The highest BCUT2D eigenvalue weighted by molar-refractivity contribution is 14.1. The normalized spacial score (nSPS) is 12.2. The largest absolute Gasteiger partial charge is 0.387 e. The molecule has 0 heterocycles. The summed E-state index contributed by atoms with van der Waals surface area (Å²) in [5.74, 6) is -0.455. The Labute approximate surface area is 83.8 Å². The zero-order chi connectivity index (χ0) is 9.56. The summed E-state index contributed by atoms with van der Waals surface area (Å²) in [5, 5.41) is 10.7. The van der Waals surface area contributed by atoms with E-state index in [0.717, 1.165) is 0 Å². The van der Waals surface area contributed by atoms with Crippen LogP contribution in [-0.2, 0) is 9.59 Å². The fourth-order valence-corrected chi connectivity index (χ4v) is 0.848. The summed E-state index contributed by atoms with van der Waals surface area (Å²) in [6.07, 6.45) is 0.396. The van der Waals surface area contributed by atoms with Crippen molar-refractivity contribution in [3.63, 3.8) is 0 Å². The molecule has 1 atom stereocenters. The fourth-order valence-electron chi connectivity index (χ4n) is 0.536. The molecule has 0 bridgehead atoms. The molecule has 0 fully saturated rings. The van der Waals surface area contributed by atoms with Crippen LogP contribution in [0.4, 0.5) is 0 Å². The maximum Gasteiger partial charge on any atom is 0.245 e. The van der Waals surface area contributed by atoms with Crippen molar-refractivity contribution in [3.05, 3.63) is 0 Å². The summed E-state index contributed by atoms with van der Waals surface area (Å²) in [6, 6.07) is -0.537. The Bertz CT molecular complexity index is 174. The van der Waals surface area contributed by atoms with Gasteiger partial charge in [0.2, 0.25) is 9.70 Å². The number of carbonyl (C=O) groups is 2. The third kappa shape index (κ3) is 5.44. The number of nitrogens with one attached hydrogen (secondary N) is 1. The molecule has 12 heavy (non-hydrogen) atoms. The summed E-state index contributed by atoms with van der Waals surface area (Å²) in [6.45, 7) is -0.220. The lowest BCUT2D eigenvalue weighted by Gasteiger charge is -2.06. The molecule has 0 aliphatic heterocycles. The van der Waals surface area contributed by atoms with E-state index >= 15 is 0 Å². The summed E-state index contributed by atoms with van der Waals surface area (Å²) in [4.78, 5) is 21.1. The molecule has 70 valence electrons. The van der Waals surface area contributed by atoms with Crippen molar-refractivity contribution in [2.45, 2.75) is 12.5 Å². The fraction of sp³-hybridized carbons (Fsp3) is 0.667. The van der Waals surface area contributed by atoms with E-state index < -0.39 is 18.6 Å². The number of aliphatic hydroxyl groups excluding tert-OH is 1. The van der Waals surface area contributed by atoms with Crippen LogP contribution in [0.2, 0.25) is 0 Å². The second-order valence-electron chi connectivity index (χ2n) is 2.21. The van der Waals surface area contributed by atoms with Gasteiger partial charge in [-0.05, 0) is 6.42 Å². The molecule has 4 N–H and O–H groups in total. The molecule has 0 aliphatic carbocycles. The first-order valence-electron chi connectivity index (χ1n) is 3.40. The zero-order valence-corrected chi connectivity index (χ0v) is 8.58. The standard InChI is InChI=1S/C6H11IN2O3/c7-6(12)4(8)1-2-9-5(11)3-10/h4,10H,1-3,8H2,(H,9,11)/t4-/m0/s1. The molecule has 5 nitrogen and oxygen atoms in total. The topological polar surface area (TPSA) is 92.4 Å². The number of nitrogens with two attached hydrogens (primary N) is 1. The van der Waals surface area contributed by atoms with Crippen molar-refractivity contribution in [1.29, 1.82) is 0 Å². The Morgan fingerprint density at radius 3 is 2.58 bits per heavy atom. The van der Waals surface area contributed by atoms with Gasteiger partial charge in [-0.15, -0.1) is 0 Å². The molecule has 0 spiro atoms. The Hall–Kier alpha value is -0.210.